The summed E-state index contributed by atoms with van der Waals surface area (Å²) >= 11 is 0. The lowest BCUT2D eigenvalue weighted by atomic mass is 9.53. The van der Waals surface area contributed by atoms with Crippen molar-refractivity contribution in [3.8, 4) is 0 Å². The SMILES string of the molecule is C[C@]1(O)C[C@@](c2ccnc(C(F)(F)F)c2)([C@H](O)c2ccccn2)C1. The average molecular weight is 338 g/mol. The van der Waals surface area contributed by atoms with E-state index < -0.39 is 29.0 Å². The molecule has 1 saturated carbocycles. The van der Waals surface area contributed by atoms with Gasteiger partial charge in [-0.15, -0.1) is 0 Å². The van der Waals surface area contributed by atoms with Gasteiger partial charge < -0.3 is 10.2 Å². The van der Waals surface area contributed by atoms with Crippen LogP contribution in [0.4, 0.5) is 13.2 Å². The first-order valence-corrected chi connectivity index (χ1v) is 7.49. The van der Waals surface area contributed by atoms with E-state index in [-0.39, 0.29) is 12.8 Å². The Morgan fingerprint density at radius 1 is 1.12 bits per heavy atom. The molecule has 24 heavy (non-hydrogen) atoms. The molecular formula is C17H17F3N2O2. The summed E-state index contributed by atoms with van der Waals surface area (Å²) in [7, 11) is 0. The summed E-state index contributed by atoms with van der Waals surface area (Å²) in [6.45, 7) is 1.60. The van der Waals surface area contributed by atoms with Crippen LogP contribution in [0.5, 0.6) is 0 Å². The van der Waals surface area contributed by atoms with Gasteiger partial charge in [-0.1, -0.05) is 6.07 Å². The number of rotatable bonds is 3. The van der Waals surface area contributed by atoms with E-state index in [4.69, 9.17) is 0 Å². The Labute approximate surface area is 137 Å². The highest BCUT2D eigenvalue weighted by atomic mass is 19.4. The van der Waals surface area contributed by atoms with E-state index >= 15 is 0 Å². The van der Waals surface area contributed by atoms with E-state index in [1.807, 2.05) is 0 Å². The van der Waals surface area contributed by atoms with Crippen LogP contribution in [-0.4, -0.2) is 25.8 Å². The van der Waals surface area contributed by atoms with Gasteiger partial charge in [-0.05, 0) is 49.6 Å². The summed E-state index contributed by atoms with van der Waals surface area (Å²) in [6, 6.07) is 7.40. The van der Waals surface area contributed by atoms with Crippen molar-refractivity contribution in [2.24, 2.45) is 0 Å². The maximum Gasteiger partial charge on any atom is 0.433 e. The van der Waals surface area contributed by atoms with Crippen LogP contribution in [0.1, 0.15) is 42.8 Å². The zero-order valence-corrected chi connectivity index (χ0v) is 13.0. The summed E-state index contributed by atoms with van der Waals surface area (Å²) in [5, 5.41) is 21.0. The maximum absolute atomic E-state index is 13.0. The molecule has 0 radical (unpaired) electrons. The van der Waals surface area contributed by atoms with E-state index in [2.05, 4.69) is 9.97 Å². The average Bonchev–Trinajstić information content (AvgIpc) is 2.51. The number of halogens is 3. The topological polar surface area (TPSA) is 66.2 Å². The summed E-state index contributed by atoms with van der Waals surface area (Å²) in [5.74, 6) is 0. The molecule has 0 amide bonds. The van der Waals surface area contributed by atoms with Crippen molar-refractivity contribution in [3.63, 3.8) is 0 Å². The first kappa shape index (κ1) is 16.9. The quantitative estimate of drug-likeness (QED) is 0.903. The number of nitrogens with zero attached hydrogens (tertiary/aromatic N) is 2. The van der Waals surface area contributed by atoms with Gasteiger partial charge in [-0.3, -0.25) is 9.97 Å². The fraction of sp³-hybridized carbons (Fsp3) is 0.412. The van der Waals surface area contributed by atoms with Crippen LogP contribution in [0, 0.1) is 0 Å². The Bertz CT molecular complexity index is 724. The Balaban J connectivity index is 2.05. The lowest BCUT2D eigenvalue weighted by Gasteiger charge is -2.54. The van der Waals surface area contributed by atoms with Gasteiger partial charge in [0, 0.05) is 17.8 Å². The minimum atomic E-state index is -4.57. The minimum absolute atomic E-state index is 0.138. The molecule has 2 heterocycles. The molecule has 0 saturated heterocycles. The molecule has 0 aliphatic heterocycles. The Morgan fingerprint density at radius 3 is 2.38 bits per heavy atom. The second-order valence-corrected chi connectivity index (χ2v) is 6.59. The number of aromatic nitrogens is 2. The smallest absolute Gasteiger partial charge is 0.390 e. The molecule has 3 rings (SSSR count). The van der Waals surface area contributed by atoms with E-state index in [1.165, 1.54) is 12.3 Å². The van der Waals surface area contributed by atoms with E-state index in [1.54, 1.807) is 25.1 Å². The third kappa shape index (κ3) is 2.89. The second-order valence-electron chi connectivity index (χ2n) is 6.59. The summed E-state index contributed by atoms with van der Waals surface area (Å²) in [5.41, 5.74) is -2.43. The van der Waals surface area contributed by atoms with Gasteiger partial charge in [-0.2, -0.15) is 13.2 Å². The molecule has 0 bridgehead atoms. The molecule has 2 aromatic heterocycles. The molecule has 2 N–H and O–H groups in total. The first-order valence-electron chi connectivity index (χ1n) is 7.49. The van der Waals surface area contributed by atoms with Crippen LogP contribution >= 0.6 is 0 Å². The standard InChI is InChI=1S/C17H17F3N2O2/c1-15(24)9-16(10-15,14(23)12-4-2-3-6-21-12)11-5-7-22-13(8-11)17(18,19)20/h2-8,14,23-24H,9-10H2,1H3/t14-,15-,16+/m1/s1. The molecule has 128 valence electrons. The Hall–Kier alpha value is -1.99. The van der Waals surface area contributed by atoms with E-state index in [9.17, 15) is 23.4 Å². The predicted octanol–water partition coefficient (Wildman–Crippen LogP) is 3.01. The molecule has 2 aromatic rings. The van der Waals surface area contributed by atoms with Gasteiger partial charge in [-0.25, -0.2) is 0 Å². The highest BCUT2D eigenvalue weighted by molar-refractivity contribution is 5.36. The van der Waals surface area contributed by atoms with Gasteiger partial charge in [0.1, 0.15) is 11.8 Å². The molecule has 1 fully saturated rings. The van der Waals surface area contributed by atoms with Crippen LogP contribution in [0.25, 0.3) is 0 Å². The van der Waals surface area contributed by atoms with Crippen LogP contribution in [0.2, 0.25) is 0 Å². The van der Waals surface area contributed by atoms with Gasteiger partial charge in [0.05, 0.1) is 11.3 Å². The third-order valence-electron chi connectivity index (χ3n) is 4.51. The molecule has 0 unspecified atom stereocenters. The van der Waals surface area contributed by atoms with Crippen molar-refractivity contribution >= 4 is 0 Å². The van der Waals surface area contributed by atoms with Crippen molar-refractivity contribution < 1.29 is 23.4 Å². The second kappa shape index (κ2) is 5.53. The van der Waals surface area contributed by atoms with Gasteiger partial charge >= 0.3 is 6.18 Å². The Kier molecular flexibility index (Phi) is 3.88. The molecule has 1 atom stereocenters. The minimum Gasteiger partial charge on any atom is -0.390 e. The number of aliphatic hydroxyl groups is 2. The van der Waals surface area contributed by atoms with Crippen LogP contribution in [0.3, 0.4) is 0 Å². The molecule has 1 aliphatic rings. The molecular weight excluding hydrogens is 321 g/mol. The highest BCUT2D eigenvalue weighted by Gasteiger charge is 2.57. The first-order chi connectivity index (χ1) is 11.1. The van der Waals surface area contributed by atoms with Crippen molar-refractivity contribution in [2.45, 2.75) is 43.1 Å². The monoisotopic (exact) mass is 338 g/mol. The number of alkyl halides is 3. The molecule has 0 aromatic carbocycles. The van der Waals surface area contributed by atoms with Gasteiger partial charge in [0.25, 0.3) is 0 Å². The van der Waals surface area contributed by atoms with E-state index in [0.29, 0.717) is 11.3 Å². The third-order valence-corrected chi connectivity index (χ3v) is 4.51. The van der Waals surface area contributed by atoms with Crippen molar-refractivity contribution in [1.29, 1.82) is 0 Å². The van der Waals surface area contributed by atoms with E-state index in [0.717, 1.165) is 12.3 Å². The summed E-state index contributed by atoms with van der Waals surface area (Å²) < 4.78 is 38.9. The zero-order chi connectivity index (χ0) is 17.6. The van der Waals surface area contributed by atoms with Crippen molar-refractivity contribution in [1.82, 2.24) is 9.97 Å². The zero-order valence-electron chi connectivity index (χ0n) is 13.0. The molecule has 1 aliphatic carbocycles. The summed E-state index contributed by atoms with van der Waals surface area (Å²) in [6.07, 6.45) is -2.82. The lowest BCUT2D eigenvalue weighted by Crippen LogP contribution is -2.56. The lowest BCUT2D eigenvalue weighted by molar-refractivity contribution is -0.142. The maximum atomic E-state index is 13.0. The Morgan fingerprint density at radius 2 is 1.83 bits per heavy atom. The van der Waals surface area contributed by atoms with Crippen LogP contribution < -0.4 is 0 Å². The number of aliphatic hydroxyl groups excluding tert-OH is 1. The van der Waals surface area contributed by atoms with Gasteiger partial charge in [0.15, 0.2) is 0 Å². The summed E-state index contributed by atoms with van der Waals surface area (Å²) in [4.78, 5) is 7.47. The number of hydrogen-bond donors (Lipinski definition) is 2. The fourth-order valence-corrected chi connectivity index (χ4v) is 3.58. The van der Waals surface area contributed by atoms with Crippen molar-refractivity contribution in [2.75, 3.05) is 0 Å². The normalized spacial score (nSPS) is 28.2. The van der Waals surface area contributed by atoms with Crippen LogP contribution in [0.15, 0.2) is 42.7 Å². The highest BCUT2D eigenvalue weighted by Crippen LogP contribution is 2.56. The largest absolute Gasteiger partial charge is 0.433 e. The fourth-order valence-electron chi connectivity index (χ4n) is 3.58. The predicted molar refractivity (Wildman–Crippen MR) is 80.0 cm³/mol. The molecule has 7 heteroatoms. The number of hydrogen-bond acceptors (Lipinski definition) is 4. The number of pyridine rings is 2. The van der Waals surface area contributed by atoms with Gasteiger partial charge in [0.2, 0.25) is 0 Å². The molecule has 4 nitrogen and oxygen atoms in total. The van der Waals surface area contributed by atoms with Crippen LogP contribution in [-0.2, 0) is 11.6 Å². The van der Waals surface area contributed by atoms with Crippen molar-refractivity contribution in [3.05, 3.63) is 59.7 Å². The molecule has 0 spiro atoms.